The normalized spacial score (nSPS) is 42.6. The summed E-state index contributed by atoms with van der Waals surface area (Å²) in [7, 11) is 0. The van der Waals surface area contributed by atoms with E-state index in [1.807, 2.05) is 0 Å². The SMILES string of the molecule is O=C(O)N[C@@]12CNC[C@@H]1C2. The summed E-state index contributed by atoms with van der Waals surface area (Å²) in [5.74, 6) is 0.559. The molecular weight excluding hydrogens is 132 g/mol. The van der Waals surface area contributed by atoms with Crippen LogP contribution in [0.3, 0.4) is 0 Å². The number of nitrogens with one attached hydrogen (secondary N) is 2. The Bertz CT molecular complexity index is 183. The minimum Gasteiger partial charge on any atom is -0.465 e. The van der Waals surface area contributed by atoms with Gasteiger partial charge in [0.15, 0.2) is 0 Å². The Morgan fingerprint density at radius 1 is 1.80 bits per heavy atom. The van der Waals surface area contributed by atoms with E-state index in [2.05, 4.69) is 10.6 Å². The van der Waals surface area contributed by atoms with Crippen LogP contribution in [0.15, 0.2) is 0 Å². The maximum Gasteiger partial charge on any atom is 0.405 e. The first kappa shape index (κ1) is 5.97. The first-order chi connectivity index (χ1) is 4.73. The van der Waals surface area contributed by atoms with Crippen LogP contribution in [0.5, 0.6) is 0 Å². The van der Waals surface area contributed by atoms with Crippen molar-refractivity contribution in [3.8, 4) is 0 Å². The molecule has 4 heteroatoms. The predicted octanol–water partition coefficient (Wildman–Crippen LogP) is -0.384. The van der Waals surface area contributed by atoms with E-state index in [1.165, 1.54) is 0 Å². The zero-order valence-corrected chi connectivity index (χ0v) is 5.55. The molecule has 1 saturated carbocycles. The van der Waals surface area contributed by atoms with Crippen molar-refractivity contribution in [2.75, 3.05) is 13.1 Å². The van der Waals surface area contributed by atoms with E-state index in [9.17, 15) is 4.79 Å². The van der Waals surface area contributed by atoms with Crippen LogP contribution in [-0.2, 0) is 0 Å². The number of carbonyl (C=O) groups is 1. The number of hydrogen-bond donors (Lipinski definition) is 3. The molecular formula is C6H10N2O2. The Hall–Kier alpha value is -0.770. The van der Waals surface area contributed by atoms with E-state index in [0.29, 0.717) is 5.92 Å². The Balaban J connectivity index is 1.99. The summed E-state index contributed by atoms with van der Waals surface area (Å²) >= 11 is 0. The molecule has 0 aromatic heterocycles. The molecule has 1 amide bonds. The number of amides is 1. The molecule has 1 aliphatic heterocycles. The smallest absolute Gasteiger partial charge is 0.405 e. The van der Waals surface area contributed by atoms with Crippen molar-refractivity contribution in [2.45, 2.75) is 12.0 Å². The average Bonchev–Trinajstić information content (AvgIpc) is 2.33. The molecule has 0 aromatic carbocycles. The van der Waals surface area contributed by atoms with Crippen molar-refractivity contribution < 1.29 is 9.90 Å². The van der Waals surface area contributed by atoms with Crippen LogP contribution in [0.2, 0.25) is 0 Å². The number of carboxylic acid groups (broad SMARTS) is 1. The molecule has 2 rings (SSSR count). The van der Waals surface area contributed by atoms with Gasteiger partial charge in [-0.3, -0.25) is 0 Å². The highest BCUT2D eigenvalue weighted by atomic mass is 16.4. The van der Waals surface area contributed by atoms with Crippen LogP contribution in [0, 0.1) is 5.92 Å². The lowest BCUT2D eigenvalue weighted by molar-refractivity contribution is 0.188. The minimum absolute atomic E-state index is 0.0775. The predicted molar refractivity (Wildman–Crippen MR) is 34.9 cm³/mol. The second kappa shape index (κ2) is 1.63. The molecule has 0 spiro atoms. The van der Waals surface area contributed by atoms with E-state index < -0.39 is 6.09 Å². The van der Waals surface area contributed by atoms with Crippen LogP contribution >= 0.6 is 0 Å². The van der Waals surface area contributed by atoms with Gasteiger partial charge < -0.3 is 15.7 Å². The third-order valence-electron chi connectivity index (χ3n) is 2.42. The van der Waals surface area contributed by atoms with Gasteiger partial charge in [0.05, 0.1) is 5.54 Å². The number of fused-ring (bicyclic) bond motifs is 1. The number of piperidine rings is 1. The molecule has 56 valence electrons. The van der Waals surface area contributed by atoms with Crippen LogP contribution in [-0.4, -0.2) is 29.8 Å². The molecule has 1 saturated heterocycles. The van der Waals surface area contributed by atoms with Gasteiger partial charge in [0.25, 0.3) is 0 Å². The Morgan fingerprint density at radius 2 is 2.60 bits per heavy atom. The second-order valence-electron chi connectivity index (χ2n) is 3.12. The molecule has 2 fully saturated rings. The first-order valence-electron chi connectivity index (χ1n) is 3.45. The van der Waals surface area contributed by atoms with Gasteiger partial charge in [-0.25, -0.2) is 4.79 Å². The lowest BCUT2D eigenvalue weighted by Crippen LogP contribution is -2.40. The fraction of sp³-hybridized carbons (Fsp3) is 0.833. The lowest BCUT2D eigenvalue weighted by Gasteiger charge is -2.09. The third-order valence-corrected chi connectivity index (χ3v) is 2.42. The molecule has 1 heterocycles. The summed E-state index contributed by atoms with van der Waals surface area (Å²) in [6, 6.07) is 0. The Kier molecular flexibility index (Phi) is 0.976. The lowest BCUT2D eigenvalue weighted by atomic mass is 10.2. The van der Waals surface area contributed by atoms with Gasteiger partial charge in [0, 0.05) is 13.1 Å². The summed E-state index contributed by atoms with van der Waals surface area (Å²) < 4.78 is 0. The van der Waals surface area contributed by atoms with Crippen molar-refractivity contribution in [3.05, 3.63) is 0 Å². The highest BCUT2D eigenvalue weighted by Crippen LogP contribution is 2.45. The van der Waals surface area contributed by atoms with Crippen LogP contribution in [0.4, 0.5) is 4.79 Å². The van der Waals surface area contributed by atoms with Gasteiger partial charge in [0.2, 0.25) is 0 Å². The van der Waals surface area contributed by atoms with E-state index >= 15 is 0 Å². The highest BCUT2D eigenvalue weighted by Gasteiger charge is 2.58. The van der Waals surface area contributed by atoms with Gasteiger partial charge >= 0.3 is 6.09 Å². The highest BCUT2D eigenvalue weighted by molar-refractivity contribution is 5.66. The van der Waals surface area contributed by atoms with Crippen LogP contribution < -0.4 is 10.6 Å². The molecule has 0 aromatic rings. The topological polar surface area (TPSA) is 61.4 Å². The largest absolute Gasteiger partial charge is 0.465 e. The van der Waals surface area contributed by atoms with Crippen LogP contribution in [0.1, 0.15) is 6.42 Å². The maximum atomic E-state index is 10.2. The second-order valence-corrected chi connectivity index (χ2v) is 3.12. The Labute approximate surface area is 58.6 Å². The summed E-state index contributed by atoms with van der Waals surface area (Å²) in [5, 5.41) is 14.1. The monoisotopic (exact) mass is 142 g/mol. The fourth-order valence-corrected chi connectivity index (χ4v) is 1.74. The van der Waals surface area contributed by atoms with Gasteiger partial charge in [-0.05, 0) is 12.3 Å². The van der Waals surface area contributed by atoms with Gasteiger partial charge in [-0.2, -0.15) is 0 Å². The minimum atomic E-state index is -0.897. The standard InChI is InChI=1S/C6H10N2O2/c9-5(10)8-6-1-4(6)2-7-3-6/h4,7-8H,1-3H2,(H,9,10)/t4-,6-/m0/s1. The van der Waals surface area contributed by atoms with Crippen molar-refractivity contribution in [1.82, 2.24) is 10.6 Å². The summed E-state index contributed by atoms with van der Waals surface area (Å²) in [6.07, 6.45) is 0.123. The molecule has 10 heavy (non-hydrogen) atoms. The molecule has 2 atom stereocenters. The molecule has 1 aliphatic carbocycles. The molecule has 3 N–H and O–H groups in total. The average molecular weight is 142 g/mol. The van der Waals surface area contributed by atoms with Crippen molar-refractivity contribution >= 4 is 6.09 Å². The van der Waals surface area contributed by atoms with E-state index in [-0.39, 0.29) is 5.54 Å². The van der Waals surface area contributed by atoms with Gasteiger partial charge in [0.1, 0.15) is 0 Å². The van der Waals surface area contributed by atoms with Crippen molar-refractivity contribution in [3.63, 3.8) is 0 Å². The maximum absolute atomic E-state index is 10.2. The summed E-state index contributed by atoms with van der Waals surface area (Å²) in [6.45, 7) is 1.78. The molecule has 0 bridgehead atoms. The molecule has 0 radical (unpaired) electrons. The molecule has 2 aliphatic rings. The zero-order chi connectivity index (χ0) is 7.19. The van der Waals surface area contributed by atoms with Gasteiger partial charge in [-0.1, -0.05) is 0 Å². The van der Waals surface area contributed by atoms with Gasteiger partial charge in [-0.15, -0.1) is 0 Å². The number of hydrogen-bond acceptors (Lipinski definition) is 2. The molecule has 4 nitrogen and oxygen atoms in total. The van der Waals surface area contributed by atoms with E-state index in [1.54, 1.807) is 0 Å². The summed E-state index contributed by atoms with van der Waals surface area (Å²) in [4.78, 5) is 10.2. The fourth-order valence-electron chi connectivity index (χ4n) is 1.74. The van der Waals surface area contributed by atoms with E-state index in [4.69, 9.17) is 5.11 Å². The third kappa shape index (κ3) is 0.686. The van der Waals surface area contributed by atoms with E-state index in [0.717, 1.165) is 19.5 Å². The Morgan fingerprint density at radius 3 is 3.00 bits per heavy atom. The number of rotatable bonds is 1. The van der Waals surface area contributed by atoms with Crippen molar-refractivity contribution in [2.24, 2.45) is 5.92 Å². The first-order valence-corrected chi connectivity index (χ1v) is 3.45. The van der Waals surface area contributed by atoms with Crippen molar-refractivity contribution in [1.29, 1.82) is 0 Å². The summed E-state index contributed by atoms with van der Waals surface area (Å²) in [5.41, 5.74) is -0.0775. The quantitative estimate of drug-likeness (QED) is 0.467. The zero-order valence-electron chi connectivity index (χ0n) is 5.55. The molecule has 0 unspecified atom stereocenters. The van der Waals surface area contributed by atoms with Crippen LogP contribution in [0.25, 0.3) is 0 Å².